The van der Waals surface area contributed by atoms with E-state index in [2.05, 4.69) is 82.2 Å². The van der Waals surface area contributed by atoms with E-state index >= 15 is 0 Å². The van der Waals surface area contributed by atoms with Gasteiger partial charge in [-0.05, 0) is 46.5 Å². The summed E-state index contributed by atoms with van der Waals surface area (Å²) in [6.45, 7) is 17.0. The second kappa shape index (κ2) is 7.48. The molecule has 0 atom stereocenters. The van der Waals surface area contributed by atoms with Crippen LogP contribution in [0.1, 0.15) is 24.0 Å². The average molecular weight is 397 g/mol. The average Bonchev–Trinajstić information content (AvgIpc) is 2.84. The van der Waals surface area contributed by atoms with Crippen LogP contribution in [0.2, 0.25) is 0 Å². The Labute approximate surface area is 182 Å². The highest BCUT2D eigenvalue weighted by Gasteiger charge is 2.28. The third kappa shape index (κ3) is 3.14. The summed E-state index contributed by atoms with van der Waals surface area (Å²) in [5.74, 6) is 0.323. The molecule has 0 amide bonds. The van der Waals surface area contributed by atoms with Crippen molar-refractivity contribution < 1.29 is 0 Å². The van der Waals surface area contributed by atoms with Crippen LogP contribution < -0.4 is 4.90 Å². The Bertz CT molecular complexity index is 1310. The quantitative estimate of drug-likeness (QED) is 0.309. The highest BCUT2D eigenvalue weighted by atomic mass is 15.2. The van der Waals surface area contributed by atoms with E-state index in [4.69, 9.17) is 13.1 Å². The molecule has 0 aromatic heterocycles. The van der Waals surface area contributed by atoms with E-state index in [9.17, 15) is 0 Å². The zero-order valence-electron chi connectivity index (χ0n) is 17.1. The number of benzene rings is 4. The number of hydrogen-bond acceptors (Lipinski definition) is 1. The van der Waals surface area contributed by atoms with Crippen molar-refractivity contribution >= 4 is 28.4 Å². The smallest absolute Gasteiger partial charge is 0.177 e. The van der Waals surface area contributed by atoms with Crippen LogP contribution in [0.5, 0.6) is 0 Å². The fourth-order valence-corrected chi connectivity index (χ4v) is 4.41. The predicted molar refractivity (Wildman–Crippen MR) is 127 cm³/mol. The molecule has 31 heavy (non-hydrogen) atoms. The lowest BCUT2D eigenvalue weighted by atomic mass is 9.86. The lowest BCUT2D eigenvalue weighted by Gasteiger charge is -2.36. The van der Waals surface area contributed by atoms with E-state index in [1.54, 1.807) is 6.07 Å². The van der Waals surface area contributed by atoms with Crippen molar-refractivity contribution in [2.75, 3.05) is 4.90 Å². The summed E-state index contributed by atoms with van der Waals surface area (Å²) in [6, 6.07) is 30.8. The molecule has 0 saturated heterocycles. The lowest BCUT2D eigenvalue weighted by molar-refractivity contribution is 0.892. The first kappa shape index (κ1) is 18.7. The van der Waals surface area contributed by atoms with Gasteiger partial charge < -0.3 is 4.90 Å². The van der Waals surface area contributed by atoms with Crippen molar-refractivity contribution in [1.29, 1.82) is 0 Å². The first-order valence-corrected chi connectivity index (χ1v) is 10.2. The second-order valence-corrected chi connectivity index (χ2v) is 7.69. The Kier molecular flexibility index (Phi) is 4.51. The summed E-state index contributed by atoms with van der Waals surface area (Å²) in [5, 5.41) is 0. The molecule has 0 spiro atoms. The van der Waals surface area contributed by atoms with E-state index in [0.717, 1.165) is 16.8 Å². The van der Waals surface area contributed by atoms with Crippen LogP contribution in [-0.2, 0) is 0 Å². The van der Waals surface area contributed by atoms with Crippen LogP contribution >= 0.6 is 0 Å². The Morgan fingerprint density at radius 3 is 1.81 bits per heavy atom. The van der Waals surface area contributed by atoms with Crippen LogP contribution in [-0.4, -0.2) is 0 Å². The van der Waals surface area contributed by atoms with Gasteiger partial charge in [-0.3, -0.25) is 0 Å². The molecule has 0 N–H and O–H groups in total. The summed E-state index contributed by atoms with van der Waals surface area (Å²) >= 11 is 0. The van der Waals surface area contributed by atoms with Gasteiger partial charge in [-0.2, -0.15) is 0 Å². The minimum Gasteiger partial charge on any atom is -0.310 e. The van der Waals surface area contributed by atoms with Crippen molar-refractivity contribution in [3.05, 3.63) is 125 Å². The SMILES string of the molecule is [C-]#[N+]c1cc([N+]#[C-])cc(-c2cccc(N3c4ccccc4C(C)c4ccccc43)c2)c1. The van der Waals surface area contributed by atoms with Gasteiger partial charge in [0.1, 0.15) is 0 Å². The maximum absolute atomic E-state index is 7.37. The van der Waals surface area contributed by atoms with Crippen LogP contribution in [0.15, 0.2) is 91.0 Å². The summed E-state index contributed by atoms with van der Waals surface area (Å²) in [4.78, 5) is 9.39. The number of para-hydroxylation sites is 2. The number of hydrogen-bond donors (Lipinski definition) is 0. The van der Waals surface area contributed by atoms with E-state index in [-0.39, 0.29) is 0 Å². The second-order valence-electron chi connectivity index (χ2n) is 7.69. The molecule has 1 aliphatic rings. The molecular formula is C28H19N3. The lowest BCUT2D eigenvalue weighted by Crippen LogP contribution is -2.20. The largest absolute Gasteiger partial charge is 0.310 e. The van der Waals surface area contributed by atoms with Crippen molar-refractivity contribution in [1.82, 2.24) is 0 Å². The predicted octanol–water partition coefficient (Wildman–Crippen LogP) is 8.39. The third-order valence-corrected chi connectivity index (χ3v) is 5.89. The van der Waals surface area contributed by atoms with Crippen molar-refractivity contribution in [2.45, 2.75) is 12.8 Å². The summed E-state index contributed by atoms with van der Waals surface area (Å²) < 4.78 is 0. The highest BCUT2D eigenvalue weighted by molar-refractivity contribution is 5.86. The van der Waals surface area contributed by atoms with E-state index in [1.807, 2.05) is 24.3 Å². The third-order valence-electron chi connectivity index (χ3n) is 5.89. The Hall–Kier alpha value is -4.34. The molecule has 1 aliphatic heterocycles. The van der Waals surface area contributed by atoms with Crippen molar-refractivity contribution in [2.24, 2.45) is 0 Å². The molecule has 1 heterocycles. The van der Waals surface area contributed by atoms with Gasteiger partial charge in [0.15, 0.2) is 11.4 Å². The molecule has 0 unspecified atom stereocenters. The fraction of sp³-hybridized carbons (Fsp3) is 0.0714. The standard InChI is InChI=1S/C28H19N3/c1-19-25-11-4-6-13-27(25)31(28-14-7-5-12-26(19)28)24-10-8-9-20(17-24)21-15-22(29-2)18-23(16-21)30-3/h4-19H,1H3. The molecule has 4 aromatic carbocycles. The molecule has 0 saturated carbocycles. The molecule has 5 rings (SSSR count). The first-order valence-electron chi connectivity index (χ1n) is 10.2. The summed E-state index contributed by atoms with van der Waals surface area (Å²) in [6.07, 6.45) is 0. The van der Waals surface area contributed by atoms with Crippen molar-refractivity contribution in [3.63, 3.8) is 0 Å². The van der Waals surface area contributed by atoms with Gasteiger partial charge in [-0.25, -0.2) is 9.69 Å². The van der Waals surface area contributed by atoms with Gasteiger partial charge in [0.2, 0.25) is 0 Å². The highest BCUT2D eigenvalue weighted by Crippen LogP contribution is 2.49. The Morgan fingerprint density at radius 1 is 0.645 bits per heavy atom. The number of rotatable bonds is 2. The minimum atomic E-state index is 0.323. The number of anilines is 3. The molecule has 4 aromatic rings. The van der Waals surface area contributed by atoms with Crippen LogP contribution in [0.4, 0.5) is 28.4 Å². The van der Waals surface area contributed by atoms with Gasteiger partial charge in [0.25, 0.3) is 0 Å². The minimum absolute atomic E-state index is 0.323. The fourth-order valence-electron chi connectivity index (χ4n) is 4.41. The van der Waals surface area contributed by atoms with Gasteiger partial charge >= 0.3 is 0 Å². The van der Waals surface area contributed by atoms with Crippen molar-refractivity contribution in [3.8, 4) is 11.1 Å². The van der Waals surface area contributed by atoms with Gasteiger partial charge in [0, 0.05) is 23.0 Å². The number of nitrogens with zero attached hydrogens (tertiary/aromatic N) is 3. The molecule has 3 heteroatoms. The molecule has 0 bridgehead atoms. The maximum Gasteiger partial charge on any atom is 0.177 e. The summed E-state index contributed by atoms with van der Waals surface area (Å²) in [7, 11) is 0. The molecule has 0 fully saturated rings. The van der Waals surface area contributed by atoms with E-state index in [0.29, 0.717) is 17.3 Å². The number of fused-ring (bicyclic) bond motifs is 2. The summed E-state index contributed by atoms with van der Waals surface area (Å²) in [5.41, 5.74) is 8.86. The monoisotopic (exact) mass is 397 g/mol. The van der Waals surface area contributed by atoms with Crippen LogP contribution in [0.3, 0.4) is 0 Å². The van der Waals surface area contributed by atoms with Crippen LogP contribution in [0.25, 0.3) is 20.8 Å². The molecule has 0 radical (unpaired) electrons. The van der Waals surface area contributed by atoms with Gasteiger partial charge in [-0.15, -0.1) is 0 Å². The molecule has 3 nitrogen and oxygen atoms in total. The van der Waals surface area contributed by atoms with Crippen LogP contribution in [0, 0.1) is 13.1 Å². The zero-order valence-corrected chi connectivity index (χ0v) is 17.1. The zero-order chi connectivity index (χ0) is 21.4. The van der Waals surface area contributed by atoms with E-state index in [1.165, 1.54) is 22.5 Å². The molecular weight excluding hydrogens is 378 g/mol. The molecule has 146 valence electrons. The maximum atomic E-state index is 7.37. The normalized spacial score (nSPS) is 12.4. The topological polar surface area (TPSA) is 12.0 Å². The van der Waals surface area contributed by atoms with Gasteiger partial charge in [-0.1, -0.05) is 73.7 Å². The molecule has 0 aliphatic carbocycles. The first-order chi connectivity index (χ1) is 15.2. The Morgan fingerprint density at radius 2 is 1.23 bits per heavy atom. The van der Waals surface area contributed by atoms with E-state index < -0.39 is 0 Å². The van der Waals surface area contributed by atoms with Gasteiger partial charge in [0.05, 0.1) is 13.1 Å². The Balaban J connectivity index is 1.69.